The molecule has 0 saturated heterocycles. The molecule has 0 saturated carbocycles. The molecule has 2 rings (SSSR count). The molecule has 5 heteroatoms. The quantitative estimate of drug-likeness (QED) is 0.851. The van der Waals surface area contributed by atoms with Crippen molar-refractivity contribution in [1.82, 2.24) is 5.32 Å². The molecule has 21 heavy (non-hydrogen) atoms. The first-order chi connectivity index (χ1) is 9.97. The number of carbonyl (C=O) groups excluding carboxylic acids is 1. The van der Waals surface area contributed by atoms with E-state index in [0.717, 1.165) is 11.1 Å². The molecule has 0 fully saturated rings. The van der Waals surface area contributed by atoms with Gasteiger partial charge in [-0.1, -0.05) is 17.7 Å². The third-order valence-electron chi connectivity index (χ3n) is 3.24. The topological polar surface area (TPSA) is 55.1 Å². The molecule has 3 N–H and O–H groups in total. The molecule has 0 aliphatic rings. The monoisotopic (exact) mass is 306 g/mol. The van der Waals surface area contributed by atoms with Crippen LogP contribution in [0.15, 0.2) is 36.4 Å². The summed E-state index contributed by atoms with van der Waals surface area (Å²) in [7, 11) is 0. The van der Waals surface area contributed by atoms with E-state index in [4.69, 9.17) is 17.3 Å². The number of benzene rings is 2. The average Bonchev–Trinajstić information content (AvgIpc) is 2.44. The van der Waals surface area contributed by atoms with E-state index < -0.39 is 0 Å². The summed E-state index contributed by atoms with van der Waals surface area (Å²) in [6.45, 7) is 2.31. The first kappa shape index (κ1) is 15.3. The molecule has 2 aromatic rings. The summed E-state index contributed by atoms with van der Waals surface area (Å²) in [5, 5.41) is 3.23. The zero-order chi connectivity index (χ0) is 15.4. The minimum atomic E-state index is -0.253. The molecule has 0 aliphatic heterocycles. The van der Waals surface area contributed by atoms with Gasteiger partial charge in [-0.15, -0.1) is 0 Å². The standard InChI is InChI=1S/C16H16ClFN2O/c1-10-8-13(18)4-2-11(10)6-7-20-16(21)12-3-5-14(17)15(19)9-12/h2-5,8-9H,6-7,19H2,1H3,(H,20,21). The van der Waals surface area contributed by atoms with Gasteiger partial charge in [0.25, 0.3) is 5.91 Å². The lowest BCUT2D eigenvalue weighted by atomic mass is 10.1. The molecular formula is C16H16ClFN2O. The highest BCUT2D eigenvalue weighted by Gasteiger charge is 2.07. The highest BCUT2D eigenvalue weighted by atomic mass is 35.5. The van der Waals surface area contributed by atoms with E-state index in [1.165, 1.54) is 12.1 Å². The van der Waals surface area contributed by atoms with Crippen LogP contribution in [0.2, 0.25) is 5.02 Å². The van der Waals surface area contributed by atoms with E-state index in [0.29, 0.717) is 29.2 Å². The van der Waals surface area contributed by atoms with Crippen molar-refractivity contribution < 1.29 is 9.18 Å². The predicted molar refractivity (Wildman–Crippen MR) is 83.0 cm³/mol. The highest BCUT2D eigenvalue weighted by Crippen LogP contribution is 2.19. The van der Waals surface area contributed by atoms with Crippen LogP contribution in [-0.4, -0.2) is 12.5 Å². The second kappa shape index (κ2) is 6.59. The van der Waals surface area contributed by atoms with Crippen LogP contribution in [0.3, 0.4) is 0 Å². The average molecular weight is 307 g/mol. The van der Waals surface area contributed by atoms with Crippen molar-refractivity contribution in [3.63, 3.8) is 0 Å². The minimum Gasteiger partial charge on any atom is -0.398 e. The molecule has 0 unspecified atom stereocenters. The van der Waals surface area contributed by atoms with Crippen molar-refractivity contribution in [3.8, 4) is 0 Å². The zero-order valence-corrected chi connectivity index (χ0v) is 12.4. The fourth-order valence-corrected chi connectivity index (χ4v) is 2.16. The van der Waals surface area contributed by atoms with Gasteiger partial charge in [-0.25, -0.2) is 4.39 Å². The van der Waals surface area contributed by atoms with Gasteiger partial charge < -0.3 is 11.1 Å². The Morgan fingerprint density at radius 1 is 1.29 bits per heavy atom. The summed E-state index contributed by atoms with van der Waals surface area (Å²) in [4.78, 5) is 12.0. The highest BCUT2D eigenvalue weighted by molar-refractivity contribution is 6.33. The number of nitrogens with two attached hydrogens (primary N) is 1. The predicted octanol–water partition coefficient (Wildman–Crippen LogP) is 3.34. The van der Waals surface area contributed by atoms with Crippen LogP contribution in [-0.2, 0) is 6.42 Å². The van der Waals surface area contributed by atoms with E-state index in [2.05, 4.69) is 5.32 Å². The van der Waals surface area contributed by atoms with E-state index >= 15 is 0 Å². The van der Waals surface area contributed by atoms with Crippen molar-refractivity contribution >= 4 is 23.2 Å². The molecule has 0 spiro atoms. The summed E-state index contributed by atoms with van der Waals surface area (Å²) in [5.41, 5.74) is 8.39. The molecule has 2 aromatic carbocycles. The number of anilines is 1. The SMILES string of the molecule is Cc1cc(F)ccc1CCNC(=O)c1ccc(Cl)c(N)c1. The Kier molecular flexibility index (Phi) is 4.81. The number of hydrogen-bond donors (Lipinski definition) is 2. The summed E-state index contributed by atoms with van der Waals surface area (Å²) in [6.07, 6.45) is 0.640. The number of amides is 1. The van der Waals surface area contributed by atoms with Crippen LogP contribution in [0.1, 0.15) is 21.5 Å². The number of carbonyl (C=O) groups is 1. The largest absolute Gasteiger partial charge is 0.398 e. The molecule has 0 bridgehead atoms. The van der Waals surface area contributed by atoms with E-state index in [9.17, 15) is 9.18 Å². The molecule has 0 atom stereocenters. The summed E-state index contributed by atoms with van der Waals surface area (Å²) >= 11 is 5.81. The first-order valence-corrected chi connectivity index (χ1v) is 6.93. The number of hydrogen-bond acceptors (Lipinski definition) is 2. The van der Waals surface area contributed by atoms with Crippen LogP contribution in [0.25, 0.3) is 0 Å². The van der Waals surface area contributed by atoms with Gasteiger partial charge in [-0.05, 0) is 54.8 Å². The third kappa shape index (κ3) is 3.95. The maximum atomic E-state index is 13.0. The van der Waals surface area contributed by atoms with Crippen LogP contribution in [0.4, 0.5) is 10.1 Å². The second-order valence-electron chi connectivity index (χ2n) is 4.81. The van der Waals surface area contributed by atoms with E-state index in [-0.39, 0.29) is 11.7 Å². The van der Waals surface area contributed by atoms with Gasteiger partial charge in [0.05, 0.1) is 10.7 Å². The van der Waals surface area contributed by atoms with Crippen molar-refractivity contribution in [1.29, 1.82) is 0 Å². The van der Waals surface area contributed by atoms with Crippen LogP contribution >= 0.6 is 11.6 Å². The normalized spacial score (nSPS) is 10.4. The van der Waals surface area contributed by atoms with Gasteiger partial charge in [0.1, 0.15) is 5.82 Å². The summed E-state index contributed by atoms with van der Waals surface area (Å²) in [5.74, 6) is -0.463. The number of rotatable bonds is 4. The smallest absolute Gasteiger partial charge is 0.251 e. The number of nitrogen functional groups attached to an aromatic ring is 1. The number of aryl methyl sites for hydroxylation is 1. The lowest BCUT2D eigenvalue weighted by molar-refractivity contribution is 0.0954. The maximum absolute atomic E-state index is 13.0. The van der Waals surface area contributed by atoms with E-state index in [1.807, 2.05) is 6.92 Å². The Morgan fingerprint density at radius 3 is 2.71 bits per heavy atom. The molecule has 1 amide bonds. The Morgan fingerprint density at radius 2 is 2.05 bits per heavy atom. The first-order valence-electron chi connectivity index (χ1n) is 6.55. The van der Waals surface area contributed by atoms with Crippen molar-refractivity contribution in [2.45, 2.75) is 13.3 Å². The van der Waals surface area contributed by atoms with Crippen molar-refractivity contribution in [2.24, 2.45) is 0 Å². The van der Waals surface area contributed by atoms with Gasteiger partial charge in [-0.3, -0.25) is 4.79 Å². The lowest BCUT2D eigenvalue weighted by Gasteiger charge is -2.08. The zero-order valence-electron chi connectivity index (χ0n) is 11.6. The van der Waals surface area contributed by atoms with Crippen LogP contribution < -0.4 is 11.1 Å². The Balaban J connectivity index is 1.93. The second-order valence-corrected chi connectivity index (χ2v) is 5.22. The fraction of sp³-hybridized carbons (Fsp3) is 0.188. The molecule has 0 aliphatic carbocycles. The molecule has 0 aromatic heterocycles. The molecule has 110 valence electrons. The van der Waals surface area contributed by atoms with Gasteiger partial charge >= 0.3 is 0 Å². The van der Waals surface area contributed by atoms with E-state index in [1.54, 1.807) is 24.3 Å². The van der Waals surface area contributed by atoms with Crippen LogP contribution in [0, 0.1) is 12.7 Å². The number of halogens is 2. The van der Waals surface area contributed by atoms with Crippen LogP contribution in [0.5, 0.6) is 0 Å². The van der Waals surface area contributed by atoms with Gasteiger partial charge in [-0.2, -0.15) is 0 Å². The molecule has 0 radical (unpaired) electrons. The van der Waals surface area contributed by atoms with Crippen molar-refractivity contribution in [2.75, 3.05) is 12.3 Å². The maximum Gasteiger partial charge on any atom is 0.251 e. The van der Waals surface area contributed by atoms with Gasteiger partial charge in [0.15, 0.2) is 0 Å². The Labute approximate surface area is 127 Å². The summed E-state index contributed by atoms with van der Waals surface area (Å²) in [6, 6.07) is 9.39. The summed E-state index contributed by atoms with van der Waals surface area (Å²) < 4.78 is 13.0. The minimum absolute atomic E-state index is 0.210. The fourth-order valence-electron chi connectivity index (χ4n) is 2.04. The molecular weight excluding hydrogens is 291 g/mol. The Hall–Kier alpha value is -2.07. The molecule has 0 heterocycles. The molecule has 3 nitrogen and oxygen atoms in total. The van der Waals surface area contributed by atoms with Crippen molar-refractivity contribution in [3.05, 3.63) is 63.9 Å². The number of nitrogens with one attached hydrogen (secondary N) is 1. The van der Waals surface area contributed by atoms with Gasteiger partial charge in [0.2, 0.25) is 0 Å². The lowest BCUT2D eigenvalue weighted by Crippen LogP contribution is -2.25. The Bertz CT molecular complexity index is 673. The van der Waals surface area contributed by atoms with Gasteiger partial charge in [0, 0.05) is 12.1 Å². The third-order valence-corrected chi connectivity index (χ3v) is 3.59.